The van der Waals surface area contributed by atoms with Gasteiger partial charge in [0.25, 0.3) is 5.91 Å². The average Bonchev–Trinajstić information content (AvgIpc) is 3.03. The Balaban J connectivity index is 1.42. The van der Waals surface area contributed by atoms with E-state index in [1.807, 2.05) is 24.3 Å². The molecule has 2 heterocycles. The van der Waals surface area contributed by atoms with E-state index >= 15 is 0 Å². The second-order valence-electron chi connectivity index (χ2n) is 6.98. The van der Waals surface area contributed by atoms with E-state index in [1.165, 1.54) is 4.90 Å². The van der Waals surface area contributed by atoms with Gasteiger partial charge >= 0.3 is 0 Å². The fraction of sp³-hybridized carbons (Fsp3) is 0.333. The van der Waals surface area contributed by atoms with Crippen LogP contribution >= 0.6 is 11.6 Å². The topological polar surface area (TPSA) is 53.1 Å². The van der Waals surface area contributed by atoms with Crippen LogP contribution in [0.15, 0.2) is 48.5 Å². The van der Waals surface area contributed by atoms with E-state index in [0.29, 0.717) is 11.4 Å². The number of carbonyl (C=O) groups is 2. The van der Waals surface area contributed by atoms with Crippen molar-refractivity contribution in [3.63, 3.8) is 0 Å². The summed E-state index contributed by atoms with van der Waals surface area (Å²) in [6.45, 7) is 3.09. The van der Waals surface area contributed by atoms with Crippen molar-refractivity contribution in [2.24, 2.45) is 0 Å². The largest absolute Gasteiger partial charge is 0.497 e. The highest BCUT2D eigenvalue weighted by molar-refractivity contribution is 6.30. The summed E-state index contributed by atoms with van der Waals surface area (Å²) in [7, 11) is 1.58. The van der Waals surface area contributed by atoms with Crippen LogP contribution in [0.2, 0.25) is 5.02 Å². The lowest BCUT2D eigenvalue weighted by Gasteiger charge is -2.38. The van der Waals surface area contributed by atoms with Crippen molar-refractivity contribution in [2.75, 3.05) is 43.1 Å². The van der Waals surface area contributed by atoms with Gasteiger partial charge in [0.05, 0.1) is 25.3 Å². The molecule has 2 aromatic rings. The molecule has 1 atom stereocenters. The van der Waals surface area contributed by atoms with Crippen molar-refractivity contribution in [2.45, 2.75) is 12.5 Å². The van der Waals surface area contributed by atoms with Crippen LogP contribution in [0.5, 0.6) is 5.75 Å². The molecule has 7 heteroatoms. The maximum Gasteiger partial charge on any atom is 0.251 e. The molecule has 6 nitrogen and oxygen atoms in total. The molecule has 0 radical (unpaired) electrons. The number of carbonyl (C=O) groups excluding carboxylic acids is 2. The lowest BCUT2D eigenvalue weighted by Crippen LogP contribution is -2.52. The Bertz CT molecular complexity index is 861. The van der Waals surface area contributed by atoms with Crippen molar-refractivity contribution < 1.29 is 14.3 Å². The van der Waals surface area contributed by atoms with E-state index in [4.69, 9.17) is 16.3 Å². The Labute approximate surface area is 169 Å². The average molecular weight is 400 g/mol. The summed E-state index contributed by atoms with van der Waals surface area (Å²) in [6.07, 6.45) is 0.228. The third-order valence-corrected chi connectivity index (χ3v) is 5.65. The Hall–Kier alpha value is -2.57. The summed E-state index contributed by atoms with van der Waals surface area (Å²) in [5, 5.41) is 0.719. The predicted octanol–water partition coefficient (Wildman–Crippen LogP) is 2.80. The highest BCUT2D eigenvalue weighted by atomic mass is 35.5. The highest BCUT2D eigenvalue weighted by Gasteiger charge is 2.43. The molecule has 2 saturated heterocycles. The first-order valence-electron chi connectivity index (χ1n) is 9.32. The standard InChI is InChI=1S/C21H22ClN3O3/c1-28-18-8-6-17(7-9-18)25-20(26)14-19(21(25)27)24-12-10-23(11-13-24)16-4-2-15(22)3-5-16/h2-9,19H,10-14H2,1H3/t19-/m0/s1. The molecule has 0 aromatic heterocycles. The third kappa shape index (κ3) is 3.57. The van der Waals surface area contributed by atoms with Gasteiger partial charge in [-0.15, -0.1) is 0 Å². The Morgan fingerprint density at radius 2 is 1.50 bits per heavy atom. The molecule has 0 saturated carbocycles. The lowest BCUT2D eigenvalue weighted by molar-refractivity contribution is -0.123. The SMILES string of the molecule is COc1ccc(N2C(=O)C[C@H](N3CCN(c4ccc(Cl)cc4)CC3)C2=O)cc1. The van der Waals surface area contributed by atoms with Crippen LogP contribution in [0.4, 0.5) is 11.4 Å². The number of piperazine rings is 1. The third-order valence-electron chi connectivity index (χ3n) is 5.40. The van der Waals surface area contributed by atoms with Crippen LogP contribution in [0.1, 0.15) is 6.42 Å². The molecular formula is C21H22ClN3O3. The maximum absolute atomic E-state index is 13.0. The van der Waals surface area contributed by atoms with Crippen LogP contribution < -0.4 is 14.5 Å². The van der Waals surface area contributed by atoms with Gasteiger partial charge < -0.3 is 9.64 Å². The van der Waals surface area contributed by atoms with E-state index < -0.39 is 0 Å². The Morgan fingerprint density at radius 1 is 0.893 bits per heavy atom. The van der Waals surface area contributed by atoms with E-state index in [1.54, 1.807) is 31.4 Å². The zero-order chi connectivity index (χ0) is 19.7. The fourth-order valence-electron chi connectivity index (χ4n) is 3.85. The van der Waals surface area contributed by atoms with Gasteiger partial charge in [-0.3, -0.25) is 14.5 Å². The molecule has 146 valence electrons. The molecule has 2 aliphatic rings. The molecule has 0 aliphatic carbocycles. The van der Waals surface area contributed by atoms with E-state index in [9.17, 15) is 9.59 Å². The number of methoxy groups -OCH3 is 1. The predicted molar refractivity (Wildman–Crippen MR) is 109 cm³/mol. The highest BCUT2D eigenvalue weighted by Crippen LogP contribution is 2.28. The minimum Gasteiger partial charge on any atom is -0.497 e. The van der Waals surface area contributed by atoms with Gasteiger partial charge in [-0.05, 0) is 48.5 Å². The molecule has 2 fully saturated rings. The molecule has 2 aromatic carbocycles. The summed E-state index contributed by atoms with van der Waals surface area (Å²) in [6, 6.07) is 14.4. The number of halogens is 1. The molecular weight excluding hydrogens is 378 g/mol. The fourth-order valence-corrected chi connectivity index (χ4v) is 3.97. The van der Waals surface area contributed by atoms with Crippen molar-refractivity contribution in [1.82, 2.24) is 4.90 Å². The van der Waals surface area contributed by atoms with Gasteiger partial charge in [-0.2, -0.15) is 0 Å². The maximum atomic E-state index is 13.0. The molecule has 4 rings (SSSR count). The normalized spacial score (nSPS) is 20.7. The summed E-state index contributed by atoms with van der Waals surface area (Å²) >= 11 is 5.96. The molecule has 0 spiro atoms. The van der Waals surface area contributed by atoms with E-state index in [0.717, 1.165) is 36.9 Å². The number of hydrogen-bond donors (Lipinski definition) is 0. The van der Waals surface area contributed by atoms with Crippen LogP contribution in [-0.4, -0.2) is 56.0 Å². The van der Waals surface area contributed by atoms with Crippen molar-refractivity contribution >= 4 is 34.8 Å². The first-order valence-corrected chi connectivity index (χ1v) is 9.70. The Kier molecular flexibility index (Phi) is 5.24. The van der Waals surface area contributed by atoms with Crippen molar-refractivity contribution in [1.29, 1.82) is 0 Å². The zero-order valence-electron chi connectivity index (χ0n) is 15.7. The number of nitrogens with zero attached hydrogens (tertiary/aromatic N) is 3. The number of amides is 2. The molecule has 0 bridgehead atoms. The van der Waals surface area contributed by atoms with Gasteiger partial charge in [0.1, 0.15) is 5.75 Å². The lowest BCUT2D eigenvalue weighted by atomic mass is 10.1. The number of ether oxygens (including phenoxy) is 1. The number of anilines is 2. The van der Waals surface area contributed by atoms with Crippen molar-refractivity contribution in [3.8, 4) is 5.75 Å². The molecule has 2 aliphatic heterocycles. The number of rotatable bonds is 4. The summed E-state index contributed by atoms with van der Waals surface area (Å²) in [4.78, 5) is 31.2. The van der Waals surface area contributed by atoms with Crippen LogP contribution in [0.25, 0.3) is 0 Å². The monoisotopic (exact) mass is 399 g/mol. The second-order valence-corrected chi connectivity index (χ2v) is 7.42. The van der Waals surface area contributed by atoms with Gasteiger partial charge in [-0.25, -0.2) is 4.90 Å². The molecule has 2 amide bonds. The van der Waals surface area contributed by atoms with Crippen molar-refractivity contribution in [3.05, 3.63) is 53.6 Å². The van der Waals surface area contributed by atoms with Crippen LogP contribution in [-0.2, 0) is 9.59 Å². The van der Waals surface area contributed by atoms with Gasteiger partial charge in [0.2, 0.25) is 5.91 Å². The van der Waals surface area contributed by atoms with Crippen LogP contribution in [0.3, 0.4) is 0 Å². The quantitative estimate of drug-likeness (QED) is 0.740. The smallest absolute Gasteiger partial charge is 0.251 e. The first kappa shape index (κ1) is 18.8. The number of imide groups is 1. The van der Waals surface area contributed by atoms with E-state index in [2.05, 4.69) is 9.80 Å². The van der Waals surface area contributed by atoms with E-state index in [-0.39, 0.29) is 24.3 Å². The summed E-state index contributed by atoms with van der Waals surface area (Å²) in [5.74, 6) is 0.396. The first-order chi connectivity index (χ1) is 13.6. The summed E-state index contributed by atoms with van der Waals surface area (Å²) < 4.78 is 5.15. The van der Waals surface area contributed by atoms with Crippen LogP contribution in [0, 0.1) is 0 Å². The second kappa shape index (κ2) is 7.81. The minimum absolute atomic E-state index is 0.143. The van der Waals surface area contributed by atoms with Gasteiger partial charge in [0, 0.05) is 36.9 Å². The zero-order valence-corrected chi connectivity index (χ0v) is 16.4. The number of benzene rings is 2. The van der Waals surface area contributed by atoms with Gasteiger partial charge in [-0.1, -0.05) is 11.6 Å². The Morgan fingerprint density at radius 3 is 2.11 bits per heavy atom. The summed E-state index contributed by atoms with van der Waals surface area (Å²) in [5.41, 5.74) is 1.72. The minimum atomic E-state index is -0.387. The molecule has 28 heavy (non-hydrogen) atoms. The number of hydrogen-bond acceptors (Lipinski definition) is 5. The molecule has 0 N–H and O–H groups in total. The van der Waals surface area contributed by atoms with Gasteiger partial charge in [0.15, 0.2) is 0 Å². The molecule has 0 unspecified atom stereocenters.